The first-order valence-electron chi connectivity index (χ1n) is 6.01. The molecule has 0 aliphatic heterocycles. The number of aliphatic hydroxyl groups excluding tert-OH is 1. The SMILES string of the molecule is C[Si](C)(c1ccccc1)[C@H](O)c1ccc(Br)cc1. The van der Waals surface area contributed by atoms with Crippen molar-refractivity contribution in [3.8, 4) is 0 Å². The zero-order chi connectivity index (χ0) is 13.2. The van der Waals surface area contributed by atoms with Crippen molar-refractivity contribution in [2.45, 2.75) is 18.8 Å². The van der Waals surface area contributed by atoms with Gasteiger partial charge in [-0.1, -0.05) is 76.7 Å². The fourth-order valence-electron chi connectivity index (χ4n) is 2.09. The molecule has 0 spiro atoms. The van der Waals surface area contributed by atoms with Gasteiger partial charge >= 0.3 is 0 Å². The fraction of sp³-hybridized carbons (Fsp3) is 0.200. The summed E-state index contributed by atoms with van der Waals surface area (Å²) in [4.78, 5) is 0. The summed E-state index contributed by atoms with van der Waals surface area (Å²) in [7, 11) is -1.90. The Labute approximate surface area is 118 Å². The van der Waals surface area contributed by atoms with Gasteiger partial charge in [0, 0.05) is 4.47 Å². The molecule has 0 heterocycles. The molecule has 1 N–H and O–H groups in total. The van der Waals surface area contributed by atoms with Crippen LogP contribution in [0.15, 0.2) is 59.1 Å². The van der Waals surface area contributed by atoms with Gasteiger partial charge in [-0.2, -0.15) is 0 Å². The van der Waals surface area contributed by atoms with E-state index >= 15 is 0 Å². The third kappa shape index (κ3) is 2.74. The smallest absolute Gasteiger partial charge is 0.118 e. The van der Waals surface area contributed by atoms with Gasteiger partial charge in [0.1, 0.15) is 8.07 Å². The van der Waals surface area contributed by atoms with Crippen molar-refractivity contribution < 1.29 is 5.11 Å². The van der Waals surface area contributed by atoms with Gasteiger partial charge in [-0.05, 0) is 17.7 Å². The van der Waals surface area contributed by atoms with Crippen LogP contribution in [0.3, 0.4) is 0 Å². The monoisotopic (exact) mass is 320 g/mol. The van der Waals surface area contributed by atoms with Crippen LogP contribution in [0.25, 0.3) is 0 Å². The highest BCUT2D eigenvalue weighted by Crippen LogP contribution is 2.25. The molecule has 1 nitrogen and oxygen atoms in total. The van der Waals surface area contributed by atoms with Crippen molar-refractivity contribution in [1.29, 1.82) is 0 Å². The molecule has 2 aromatic carbocycles. The summed E-state index contributed by atoms with van der Waals surface area (Å²) >= 11 is 3.42. The molecule has 0 aliphatic rings. The van der Waals surface area contributed by atoms with E-state index in [9.17, 15) is 5.11 Å². The first-order valence-corrected chi connectivity index (χ1v) is 9.88. The molecule has 1 atom stereocenters. The Morgan fingerprint density at radius 1 is 0.944 bits per heavy atom. The van der Waals surface area contributed by atoms with Crippen LogP contribution in [0, 0.1) is 0 Å². The number of hydrogen-bond acceptors (Lipinski definition) is 1. The molecular weight excluding hydrogens is 304 g/mol. The maximum atomic E-state index is 10.6. The molecule has 18 heavy (non-hydrogen) atoms. The number of aliphatic hydroxyl groups is 1. The van der Waals surface area contributed by atoms with E-state index in [1.807, 2.05) is 42.5 Å². The van der Waals surface area contributed by atoms with Crippen molar-refractivity contribution in [2.75, 3.05) is 0 Å². The normalized spacial score (nSPS) is 13.3. The van der Waals surface area contributed by atoms with Crippen LogP contribution >= 0.6 is 15.9 Å². The highest BCUT2D eigenvalue weighted by atomic mass is 79.9. The van der Waals surface area contributed by atoms with Gasteiger partial charge < -0.3 is 5.11 Å². The van der Waals surface area contributed by atoms with Crippen molar-refractivity contribution >= 4 is 29.2 Å². The van der Waals surface area contributed by atoms with Crippen molar-refractivity contribution in [1.82, 2.24) is 0 Å². The maximum Gasteiger partial charge on any atom is 0.118 e. The molecule has 0 saturated heterocycles. The second-order valence-electron chi connectivity index (χ2n) is 5.04. The lowest BCUT2D eigenvalue weighted by Gasteiger charge is -2.29. The zero-order valence-corrected chi connectivity index (χ0v) is 13.2. The van der Waals surface area contributed by atoms with Crippen LogP contribution in [0.2, 0.25) is 13.1 Å². The first-order chi connectivity index (χ1) is 8.51. The second-order valence-corrected chi connectivity index (χ2v) is 10.5. The van der Waals surface area contributed by atoms with E-state index in [-0.39, 0.29) is 5.73 Å². The minimum Gasteiger partial charge on any atom is -0.392 e. The van der Waals surface area contributed by atoms with Gasteiger partial charge in [-0.25, -0.2) is 0 Å². The van der Waals surface area contributed by atoms with E-state index < -0.39 is 8.07 Å². The Morgan fingerprint density at radius 3 is 2.06 bits per heavy atom. The van der Waals surface area contributed by atoms with Gasteiger partial charge in [-0.3, -0.25) is 0 Å². The number of hydrogen-bond donors (Lipinski definition) is 1. The van der Waals surface area contributed by atoms with E-state index in [4.69, 9.17) is 0 Å². The topological polar surface area (TPSA) is 20.2 Å². The van der Waals surface area contributed by atoms with Crippen LogP contribution < -0.4 is 5.19 Å². The molecule has 94 valence electrons. The Hall–Kier alpha value is -0.903. The van der Waals surface area contributed by atoms with Gasteiger partial charge in [0.15, 0.2) is 0 Å². The Bertz CT molecular complexity index is 508. The molecule has 0 bridgehead atoms. The summed E-state index contributed by atoms with van der Waals surface area (Å²) in [5.74, 6) is 0. The van der Waals surface area contributed by atoms with E-state index in [0.717, 1.165) is 10.0 Å². The quantitative estimate of drug-likeness (QED) is 0.856. The summed E-state index contributed by atoms with van der Waals surface area (Å²) in [6, 6.07) is 18.3. The van der Waals surface area contributed by atoms with Crippen LogP contribution in [-0.2, 0) is 0 Å². The van der Waals surface area contributed by atoms with Gasteiger partial charge in [0.25, 0.3) is 0 Å². The van der Waals surface area contributed by atoms with Crippen molar-refractivity contribution in [3.63, 3.8) is 0 Å². The lowest BCUT2D eigenvalue weighted by atomic mass is 10.2. The average Bonchev–Trinajstić information content (AvgIpc) is 2.40. The van der Waals surface area contributed by atoms with Crippen LogP contribution in [0.5, 0.6) is 0 Å². The van der Waals surface area contributed by atoms with Gasteiger partial charge in [-0.15, -0.1) is 0 Å². The summed E-state index contributed by atoms with van der Waals surface area (Å²) in [6.07, 6.45) is 0. The number of halogens is 1. The summed E-state index contributed by atoms with van der Waals surface area (Å²) in [6.45, 7) is 4.41. The standard InChI is InChI=1S/C15H17BrOSi/c1-18(2,14-6-4-3-5-7-14)15(17)12-8-10-13(16)11-9-12/h3-11,15,17H,1-2H3/t15-/m0/s1. The number of rotatable bonds is 3. The predicted molar refractivity (Wildman–Crippen MR) is 82.7 cm³/mol. The molecule has 2 aromatic rings. The first kappa shape index (κ1) is 13.5. The zero-order valence-electron chi connectivity index (χ0n) is 10.6. The van der Waals surface area contributed by atoms with Crippen LogP contribution in [0.1, 0.15) is 11.3 Å². The molecular formula is C15H17BrOSi. The van der Waals surface area contributed by atoms with E-state index in [1.54, 1.807) is 0 Å². The van der Waals surface area contributed by atoms with Crippen molar-refractivity contribution in [2.24, 2.45) is 0 Å². The van der Waals surface area contributed by atoms with Crippen LogP contribution in [0.4, 0.5) is 0 Å². The van der Waals surface area contributed by atoms with Crippen molar-refractivity contribution in [3.05, 3.63) is 64.6 Å². The fourth-order valence-corrected chi connectivity index (χ4v) is 4.74. The van der Waals surface area contributed by atoms with E-state index in [0.29, 0.717) is 0 Å². The highest BCUT2D eigenvalue weighted by Gasteiger charge is 2.33. The summed E-state index contributed by atoms with van der Waals surface area (Å²) in [5.41, 5.74) is 0.617. The minimum absolute atomic E-state index is 0.381. The Balaban J connectivity index is 2.32. The third-order valence-corrected chi connectivity index (χ3v) is 7.44. The lowest BCUT2D eigenvalue weighted by molar-refractivity contribution is 0.251. The summed E-state index contributed by atoms with van der Waals surface area (Å²) < 4.78 is 1.04. The average molecular weight is 321 g/mol. The molecule has 2 rings (SSSR count). The Morgan fingerprint density at radius 2 is 1.50 bits per heavy atom. The Kier molecular flexibility index (Phi) is 4.05. The highest BCUT2D eigenvalue weighted by molar-refractivity contribution is 9.10. The largest absolute Gasteiger partial charge is 0.392 e. The summed E-state index contributed by atoms with van der Waals surface area (Å²) in [5, 5.41) is 11.9. The van der Waals surface area contributed by atoms with E-state index in [1.165, 1.54) is 5.19 Å². The molecule has 0 radical (unpaired) electrons. The minimum atomic E-state index is -1.90. The van der Waals surface area contributed by atoms with Gasteiger partial charge in [0.2, 0.25) is 0 Å². The molecule has 0 unspecified atom stereocenters. The molecule has 3 heteroatoms. The van der Waals surface area contributed by atoms with E-state index in [2.05, 4.69) is 41.2 Å². The molecule has 0 aromatic heterocycles. The molecule has 0 amide bonds. The molecule has 0 saturated carbocycles. The molecule has 0 fully saturated rings. The third-order valence-electron chi connectivity index (χ3n) is 3.39. The molecule has 0 aliphatic carbocycles. The second kappa shape index (κ2) is 5.39. The predicted octanol–water partition coefficient (Wildman–Crippen LogP) is 3.64. The number of benzene rings is 2. The maximum absolute atomic E-state index is 10.6. The van der Waals surface area contributed by atoms with Crippen LogP contribution in [-0.4, -0.2) is 13.2 Å². The lowest BCUT2D eigenvalue weighted by Crippen LogP contribution is -2.47. The van der Waals surface area contributed by atoms with Gasteiger partial charge in [0.05, 0.1) is 5.73 Å².